The average molecular weight is 487 g/mol. The Morgan fingerprint density at radius 2 is 2.17 bits per heavy atom. The molecule has 0 saturated carbocycles. The van der Waals surface area contributed by atoms with Crippen LogP contribution in [0.4, 0.5) is 10.8 Å². The SMILES string of the molecule is CC[C@@H]1CCc2nc3sc(C(=O)Nc4nc5cc(Br)ccc5s4)c(N)c3cc2C1. The zero-order valence-corrected chi connectivity index (χ0v) is 19.0. The van der Waals surface area contributed by atoms with E-state index in [0.717, 1.165) is 43.4 Å². The number of halogens is 1. The van der Waals surface area contributed by atoms with Crippen LogP contribution in [0.5, 0.6) is 0 Å². The normalized spacial score (nSPS) is 16.3. The predicted molar refractivity (Wildman–Crippen MR) is 125 cm³/mol. The molecule has 0 radical (unpaired) electrons. The Bertz CT molecular complexity index is 1260. The molecule has 29 heavy (non-hydrogen) atoms. The lowest BCUT2D eigenvalue weighted by atomic mass is 9.85. The maximum atomic E-state index is 12.9. The highest BCUT2D eigenvalue weighted by molar-refractivity contribution is 9.10. The number of aryl methyl sites for hydroxylation is 1. The van der Waals surface area contributed by atoms with E-state index in [9.17, 15) is 4.79 Å². The molecule has 1 aromatic carbocycles. The number of nitrogen functional groups attached to an aromatic ring is 1. The molecule has 0 bridgehead atoms. The number of hydrogen-bond acceptors (Lipinski definition) is 6. The minimum atomic E-state index is -0.229. The van der Waals surface area contributed by atoms with Crippen molar-refractivity contribution >= 4 is 75.8 Å². The maximum absolute atomic E-state index is 12.9. The number of nitrogens with zero attached hydrogens (tertiary/aromatic N) is 2. The van der Waals surface area contributed by atoms with Crippen molar-refractivity contribution in [2.45, 2.75) is 32.6 Å². The van der Waals surface area contributed by atoms with Gasteiger partial charge in [-0.2, -0.15) is 0 Å². The Kier molecular flexibility index (Phi) is 4.80. The van der Waals surface area contributed by atoms with Crippen molar-refractivity contribution in [3.05, 3.63) is 44.9 Å². The first-order valence-electron chi connectivity index (χ1n) is 9.60. The summed E-state index contributed by atoms with van der Waals surface area (Å²) in [5, 5.41) is 4.37. The van der Waals surface area contributed by atoms with E-state index in [0.29, 0.717) is 21.6 Å². The number of nitrogens with one attached hydrogen (secondary N) is 1. The highest BCUT2D eigenvalue weighted by Crippen LogP contribution is 2.37. The number of carbonyl (C=O) groups is 1. The number of carbonyl (C=O) groups excluding carboxylic acids is 1. The topological polar surface area (TPSA) is 80.9 Å². The quantitative estimate of drug-likeness (QED) is 0.371. The summed E-state index contributed by atoms with van der Waals surface area (Å²) in [4.78, 5) is 23.6. The largest absolute Gasteiger partial charge is 0.397 e. The summed E-state index contributed by atoms with van der Waals surface area (Å²) in [6.45, 7) is 2.24. The zero-order valence-electron chi connectivity index (χ0n) is 15.8. The number of amides is 1. The van der Waals surface area contributed by atoms with Gasteiger partial charge in [-0.25, -0.2) is 9.97 Å². The van der Waals surface area contributed by atoms with Gasteiger partial charge >= 0.3 is 0 Å². The van der Waals surface area contributed by atoms with Crippen LogP contribution in [0.25, 0.3) is 20.4 Å². The van der Waals surface area contributed by atoms with Crippen LogP contribution in [0, 0.1) is 5.92 Å². The predicted octanol–water partition coefficient (Wildman–Crippen LogP) is 6.02. The molecule has 3 N–H and O–H groups in total. The van der Waals surface area contributed by atoms with Crippen LogP contribution in [0.1, 0.15) is 40.7 Å². The number of hydrogen-bond donors (Lipinski definition) is 2. The number of pyridine rings is 1. The van der Waals surface area contributed by atoms with Gasteiger partial charge < -0.3 is 5.73 Å². The maximum Gasteiger partial charge on any atom is 0.269 e. The Hall–Kier alpha value is -2.03. The Morgan fingerprint density at radius 3 is 3.00 bits per heavy atom. The fourth-order valence-corrected chi connectivity index (χ4v) is 6.07. The van der Waals surface area contributed by atoms with Crippen LogP contribution in [-0.4, -0.2) is 15.9 Å². The second-order valence-corrected chi connectivity index (χ2v) is 10.3. The van der Waals surface area contributed by atoms with Crippen molar-refractivity contribution in [2.24, 2.45) is 5.92 Å². The Morgan fingerprint density at radius 1 is 1.31 bits per heavy atom. The third-order valence-corrected chi connectivity index (χ3v) is 8.10. The molecule has 4 aromatic rings. The number of thiazole rings is 1. The zero-order chi connectivity index (χ0) is 20.1. The van der Waals surface area contributed by atoms with E-state index in [-0.39, 0.29) is 5.91 Å². The van der Waals surface area contributed by atoms with E-state index in [4.69, 9.17) is 10.7 Å². The number of rotatable bonds is 3. The highest BCUT2D eigenvalue weighted by Gasteiger charge is 2.23. The number of nitrogens with two attached hydrogens (primary N) is 1. The summed E-state index contributed by atoms with van der Waals surface area (Å²) < 4.78 is 1.98. The van der Waals surface area contributed by atoms with Crippen molar-refractivity contribution < 1.29 is 4.79 Å². The molecule has 5 rings (SSSR count). The average Bonchev–Trinajstić information content (AvgIpc) is 3.25. The molecule has 0 saturated heterocycles. The van der Waals surface area contributed by atoms with E-state index >= 15 is 0 Å². The molecule has 1 aliphatic rings. The van der Waals surface area contributed by atoms with E-state index in [2.05, 4.69) is 39.2 Å². The Balaban J connectivity index is 1.47. The van der Waals surface area contributed by atoms with E-state index in [1.807, 2.05) is 18.2 Å². The summed E-state index contributed by atoms with van der Waals surface area (Å²) in [6, 6.07) is 8.04. The van der Waals surface area contributed by atoms with Crippen molar-refractivity contribution in [1.82, 2.24) is 9.97 Å². The lowest BCUT2D eigenvalue weighted by molar-refractivity contribution is 0.103. The highest BCUT2D eigenvalue weighted by atomic mass is 79.9. The fraction of sp³-hybridized carbons (Fsp3) is 0.286. The first kappa shape index (κ1) is 19.0. The van der Waals surface area contributed by atoms with E-state index in [1.54, 1.807) is 0 Å². The summed E-state index contributed by atoms with van der Waals surface area (Å²) >= 11 is 6.26. The summed E-state index contributed by atoms with van der Waals surface area (Å²) in [7, 11) is 0. The van der Waals surface area contributed by atoms with Gasteiger partial charge in [0.05, 0.1) is 15.9 Å². The lowest BCUT2D eigenvalue weighted by Gasteiger charge is -2.22. The molecule has 148 valence electrons. The molecule has 5 nitrogen and oxygen atoms in total. The smallest absolute Gasteiger partial charge is 0.269 e. The molecule has 0 aliphatic heterocycles. The van der Waals surface area contributed by atoms with E-state index < -0.39 is 0 Å². The minimum absolute atomic E-state index is 0.229. The molecule has 0 unspecified atom stereocenters. The van der Waals surface area contributed by atoms with Gasteiger partial charge in [0.1, 0.15) is 9.71 Å². The molecule has 8 heteroatoms. The van der Waals surface area contributed by atoms with Crippen molar-refractivity contribution in [3.8, 4) is 0 Å². The first-order valence-corrected chi connectivity index (χ1v) is 12.0. The number of thiophene rings is 1. The molecule has 3 heterocycles. The molecule has 1 amide bonds. The van der Waals surface area contributed by atoms with Gasteiger partial charge in [0.2, 0.25) is 0 Å². The molecule has 1 atom stereocenters. The number of anilines is 2. The monoisotopic (exact) mass is 486 g/mol. The number of fused-ring (bicyclic) bond motifs is 3. The van der Waals surface area contributed by atoms with Crippen LogP contribution >= 0.6 is 38.6 Å². The summed E-state index contributed by atoms with van der Waals surface area (Å²) in [6.07, 6.45) is 4.42. The molecule has 0 fully saturated rings. The second kappa shape index (κ2) is 7.34. The lowest BCUT2D eigenvalue weighted by Crippen LogP contribution is -2.14. The minimum Gasteiger partial charge on any atom is -0.397 e. The van der Waals surface area contributed by atoms with Crippen molar-refractivity contribution in [1.29, 1.82) is 0 Å². The first-order chi connectivity index (χ1) is 14.0. The molecular formula is C21H19BrN4OS2. The second-order valence-electron chi connectivity index (χ2n) is 7.39. The van der Waals surface area contributed by atoms with Gasteiger partial charge in [0.25, 0.3) is 5.91 Å². The molecule has 1 aliphatic carbocycles. The van der Waals surface area contributed by atoms with Gasteiger partial charge in [0.15, 0.2) is 5.13 Å². The summed E-state index contributed by atoms with van der Waals surface area (Å²) in [5.74, 6) is 0.483. The fourth-order valence-electron chi connectivity index (χ4n) is 3.89. The van der Waals surface area contributed by atoms with Crippen molar-refractivity contribution in [3.63, 3.8) is 0 Å². The van der Waals surface area contributed by atoms with Crippen LogP contribution in [-0.2, 0) is 12.8 Å². The van der Waals surface area contributed by atoms with Crippen LogP contribution in [0.15, 0.2) is 28.7 Å². The van der Waals surface area contributed by atoms with Crippen molar-refractivity contribution in [2.75, 3.05) is 11.1 Å². The number of aromatic nitrogens is 2. The third kappa shape index (κ3) is 3.43. The van der Waals surface area contributed by atoms with Crippen LogP contribution in [0.2, 0.25) is 0 Å². The molecular weight excluding hydrogens is 468 g/mol. The van der Waals surface area contributed by atoms with Gasteiger partial charge in [-0.1, -0.05) is 40.6 Å². The van der Waals surface area contributed by atoms with E-state index in [1.165, 1.54) is 41.1 Å². The van der Waals surface area contributed by atoms with Gasteiger partial charge in [-0.3, -0.25) is 10.1 Å². The van der Waals surface area contributed by atoms with Gasteiger partial charge in [-0.15, -0.1) is 11.3 Å². The summed E-state index contributed by atoms with van der Waals surface area (Å²) in [5.41, 5.74) is 10.2. The molecule has 3 aromatic heterocycles. The molecule has 0 spiro atoms. The van der Waals surface area contributed by atoms with Crippen LogP contribution < -0.4 is 11.1 Å². The number of benzene rings is 1. The van der Waals surface area contributed by atoms with Gasteiger partial charge in [0, 0.05) is 15.6 Å². The Labute approximate surface area is 184 Å². The van der Waals surface area contributed by atoms with Crippen LogP contribution in [0.3, 0.4) is 0 Å². The standard InChI is InChI=1S/C21H19BrN4OS2/c1-2-10-3-5-14-11(7-10)8-13-17(23)18(29-20(13)24-14)19(27)26-21-25-15-9-12(22)4-6-16(15)28-21/h4,6,8-10H,2-3,5,7,23H2,1H3,(H,25,26,27)/t10-/m1/s1. The third-order valence-electron chi connectivity index (χ3n) is 5.54. The van der Waals surface area contributed by atoms with Gasteiger partial charge in [-0.05, 0) is 55.0 Å².